The molecule has 6 aromatic carbocycles. The average molecular weight is 551 g/mol. The number of fused-ring (bicyclic) bond motifs is 11. The van der Waals surface area contributed by atoms with E-state index in [0.717, 1.165) is 39.3 Å². The molecule has 3 nitrogen and oxygen atoms in total. The first-order valence-corrected chi connectivity index (χ1v) is 15.0. The highest BCUT2D eigenvalue weighted by molar-refractivity contribution is 6.98. The Morgan fingerprint density at radius 1 is 0.581 bits per heavy atom. The Morgan fingerprint density at radius 3 is 2.23 bits per heavy atom. The Morgan fingerprint density at radius 2 is 1.33 bits per heavy atom. The molecule has 0 saturated carbocycles. The van der Waals surface area contributed by atoms with Crippen LogP contribution in [-0.2, 0) is 5.41 Å². The SMILES string of the molecule is CC1(C)c2ccccc2B2c3ccccc3Oc3cc(-n4c5ccccc5c5c6c(ccc54)oc4ccccc46)cc1c32. The summed E-state index contributed by atoms with van der Waals surface area (Å²) in [6.07, 6.45) is 0. The van der Waals surface area contributed by atoms with Crippen molar-refractivity contribution in [2.75, 3.05) is 0 Å². The number of rotatable bonds is 1. The van der Waals surface area contributed by atoms with Gasteiger partial charge in [0.1, 0.15) is 22.7 Å². The zero-order valence-corrected chi connectivity index (χ0v) is 23.9. The number of hydrogen-bond donors (Lipinski definition) is 0. The summed E-state index contributed by atoms with van der Waals surface area (Å²) in [5, 5.41) is 4.75. The van der Waals surface area contributed by atoms with Gasteiger partial charge in [-0.2, -0.15) is 0 Å². The number of hydrogen-bond acceptors (Lipinski definition) is 2. The van der Waals surface area contributed by atoms with Gasteiger partial charge in [0, 0.05) is 33.0 Å². The standard InChI is InChI=1S/C39H26BNO2/c1-39(2)26-13-5-6-14-28(26)40-29-15-7-10-18-33(29)43-35-22-23(21-27(39)38(35)40)41-30-16-8-3-11-24(30)36-31(41)19-20-34-37(36)25-12-4-9-17-32(25)42-34/h3-22H,1-2H3. The zero-order valence-electron chi connectivity index (χ0n) is 23.9. The maximum atomic E-state index is 6.78. The summed E-state index contributed by atoms with van der Waals surface area (Å²) in [5.74, 6) is 1.88. The molecule has 202 valence electrons. The Balaban J connectivity index is 1.33. The van der Waals surface area contributed by atoms with Gasteiger partial charge >= 0.3 is 0 Å². The summed E-state index contributed by atoms with van der Waals surface area (Å²) >= 11 is 0. The first kappa shape index (κ1) is 23.4. The van der Waals surface area contributed by atoms with E-state index in [2.05, 4.69) is 134 Å². The Labute approximate surface area is 249 Å². The van der Waals surface area contributed by atoms with Gasteiger partial charge in [-0.25, -0.2) is 0 Å². The molecule has 2 aromatic heterocycles. The van der Waals surface area contributed by atoms with E-state index in [1.54, 1.807) is 0 Å². The third-order valence-electron chi connectivity index (χ3n) is 9.92. The largest absolute Gasteiger partial charge is 0.458 e. The van der Waals surface area contributed by atoms with Gasteiger partial charge in [0.2, 0.25) is 0 Å². The van der Waals surface area contributed by atoms with Gasteiger partial charge in [-0.3, -0.25) is 0 Å². The smallest absolute Gasteiger partial charge is 0.251 e. The fourth-order valence-electron chi connectivity index (χ4n) is 8.07. The van der Waals surface area contributed by atoms with Crippen molar-refractivity contribution in [3.05, 3.63) is 132 Å². The molecule has 0 N–H and O–H groups in total. The van der Waals surface area contributed by atoms with Gasteiger partial charge in [-0.15, -0.1) is 0 Å². The summed E-state index contributed by atoms with van der Waals surface area (Å²) in [7, 11) is 0. The van der Waals surface area contributed by atoms with E-state index in [1.165, 1.54) is 49.2 Å². The zero-order chi connectivity index (χ0) is 28.4. The lowest BCUT2D eigenvalue weighted by atomic mass is 9.30. The topological polar surface area (TPSA) is 27.3 Å². The highest BCUT2D eigenvalue weighted by Crippen LogP contribution is 2.44. The number of para-hydroxylation sites is 3. The van der Waals surface area contributed by atoms with E-state index in [1.807, 2.05) is 6.07 Å². The second-order valence-electron chi connectivity index (χ2n) is 12.5. The molecular weight excluding hydrogens is 525 g/mol. The fraction of sp³-hybridized carbons (Fsp3) is 0.0769. The van der Waals surface area contributed by atoms with Gasteiger partial charge in [-0.05, 0) is 58.5 Å². The second kappa shape index (κ2) is 7.99. The molecule has 4 heterocycles. The minimum atomic E-state index is -0.199. The monoisotopic (exact) mass is 551 g/mol. The van der Waals surface area contributed by atoms with Crippen molar-refractivity contribution < 1.29 is 9.15 Å². The molecule has 43 heavy (non-hydrogen) atoms. The molecule has 0 fully saturated rings. The maximum Gasteiger partial charge on any atom is 0.251 e. The third kappa shape index (κ3) is 2.90. The van der Waals surface area contributed by atoms with Crippen molar-refractivity contribution in [1.29, 1.82) is 0 Å². The first-order chi connectivity index (χ1) is 21.1. The second-order valence-corrected chi connectivity index (χ2v) is 12.5. The molecule has 4 heteroatoms. The number of ether oxygens (including phenoxy) is 1. The molecule has 0 radical (unpaired) electrons. The molecule has 10 rings (SSSR count). The van der Waals surface area contributed by atoms with E-state index >= 15 is 0 Å². The van der Waals surface area contributed by atoms with Crippen LogP contribution in [0, 0.1) is 0 Å². The van der Waals surface area contributed by atoms with E-state index in [4.69, 9.17) is 9.15 Å². The highest BCUT2D eigenvalue weighted by atomic mass is 16.5. The fourth-order valence-corrected chi connectivity index (χ4v) is 8.07. The van der Waals surface area contributed by atoms with Crippen molar-refractivity contribution in [1.82, 2.24) is 4.57 Å². The van der Waals surface area contributed by atoms with Crippen LogP contribution in [0.2, 0.25) is 0 Å². The molecule has 0 atom stereocenters. The van der Waals surface area contributed by atoms with Crippen molar-refractivity contribution in [2.45, 2.75) is 19.3 Å². The van der Waals surface area contributed by atoms with Crippen LogP contribution < -0.4 is 21.1 Å². The number of nitrogens with zero attached hydrogens (tertiary/aromatic N) is 1. The molecule has 0 aliphatic carbocycles. The quantitative estimate of drug-likeness (QED) is 0.194. The average Bonchev–Trinajstić information content (AvgIpc) is 3.58. The van der Waals surface area contributed by atoms with Crippen LogP contribution in [0.3, 0.4) is 0 Å². The van der Waals surface area contributed by atoms with Gasteiger partial charge < -0.3 is 13.7 Å². The van der Waals surface area contributed by atoms with E-state index in [0.29, 0.717) is 0 Å². The summed E-state index contributed by atoms with van der Waals surface area (Å²) in [4.78, 5) is 0. The van der Waals surface area contributed by atoms with Crippen LogP contribution >= 0.6 is 0 Å². The maximum absolute atomic E-state index is 6.78. The van der Waals surface area contributed by atoms with Crippen LogP contribution in [-0.4, -0.2) is 11.3 Å². The molecule has 0 bridgehead atoms. The molecule has 0 spiro atoms. The molecular formula is C39H26BNO2. The lowest BCUT2D eigenvalue weighted by Crippen LogP contribution is -2.62. The Bertz CT molecular complexity index is 2480. The molecule has 2 aliphatic heterocycles. The van der Waals surface area contributed by atoms with Crippen molar-refractivity contribution >= 4 is 66.8 Å². The third-order valence-corrected chi connectivity index (χ3v) is 9.92. The molecule has 0 saturated heterocycles. The molecule has 0 amide bonds. The van der Waals surface area contributed by atoms with E-state index in [9.17, 15) is 0 Å². The van der Waals surface area contributed by atoms with Crippen molar-refractivity contribution in [2.24, 2.45) is 0 Å². The van der Waals surface area contributed by atoms with E-state index in [-0.39, 0.29) is 12.1 Å². The van der Waals surface area contributed by atoms with Gasteiger partial charge in [0.05, 0.1) is 16.7 Å². The van der Waals surface area contributed by atoms with Crippen LogP contribution in [0.1, 0.15) is 25.0 Å². The summed E-state index contributed by atoms with van der Waals surface area (Å²) < 4.78 is 15.5. The van der Waals surface area contributed by atoms with Crippen LogP contribution in [0.15, 0.2) is 126 Å². The minimum Gasteiger partial charge on any atom is -0.458 e. The number of benzene rings is 6. The molecule has 8 aromatic rings. The lowest BCUT2D eigenvalue weighted by Gasteiger charge is -2.42. The van der Waals surface area contributed by atoms with Gasteiger partial charge in [0.15, 0.2) is 0 Å². The molecule has 0 unspecified atom stereocenters. The lowest BCUT2D eigenvalue weighted by molar-refractivity contribution is 0.484. The van der Waals surface area contributed by atoms with Crippen LogP contribution in [0.25, 0.3) is 49.4 Å². The van der Waals surface area contributed by atoms with Crippen molar-refractivity contribution in [3.63, 3.8) is 0 Å². The number of aromatic nitrogens is 1. The van der Waals surface area contributed by atoms with Crippen LogP contribution in [0.4, 0.5) is 0 Å². The predicted molar refractivity (Wildman–Crippen MR) is 178 cm³/mol. The number of furan rings is 1. The van der Waals surface area contributed by atoms with Crippen LogP contribution in [0.5, 0.6) is 11.5 Å². The highest BCUT2D eigenvalue weighted by Gasteiger charge is 2.45. The minimum absolute atomic E-state index is 0.142. The summed E-state index contributed by atoms with van der Waals surface area (Å²) in [5.41, 5.74) is 11.7. The van der Waals surface area contributed by atoms with Gasteiger partial charge in [-0.1, -0.05) is 98.2 Å². The van der Waals surface area contributed by atoms with Crippen molar-refractivity contribution in [3.8, 4) is 17.2 Å². The summed E-state index contributed by atoms with van der Waals surface area (Å²) in [6, 6.07) is 43.6. The predicted octanol–water partition coefficient (Wildman–Crippen LogP) is 7.94. The summed E-state index contributed by atoms with van der Waals surface area (Å²) in [6.45, 7) is 4.85. The normalized spacial score (nSPS) is 14.6. The first-order valence-electron chi connectivity index (χ1n) is 15.0. The Hall–Kier alpha value is -5.22. The Kier molecular flexibility index (Phi) is 4.34. The van der Waals surface area contributed by atoms with Gasteiger partial charge in [0.25, 0.3) is 6.71 Å². The van der Waals surface area contributed by atoms with E-state index < -0.39 is 0 Å². The molecule has 2 aliphatic rings.